The van der Waals surface area contributed by atoms with Crippen molar-refractivity contribution in [2.75, 3.05) is 19.8 Å². The van der Waals surface area contributed by atoms with Gasteiger partial charge in [-0.3, -0.25) is 4.79 Å². The van der Waals surface area contributed by atoms with E-state index in [4.69, 9.17) is 23.7 Å². The molecule has 3 unspecified atom stereocenters. The molecule has 0 aliphatic carbocycles. The number of hydrogen-bond donors (Lipinski definition) is 0. The van der Waals surface area contributed by atoms with Gasteiger partial charge in [0.15, 0.2) is 12.2 Å². The van der Waals surface area contributed by atoms with Gasteiger partial charge in [0, 0.05) is 0 Å². The van der Waals surface area contributed by atoms with Crippen molar-refractivity contribution in [3.63, 3.8) is 0 Å². The molecular formula is C22H33O9. The molecule has 0 aromatic rings. The van der Waals surface area contributed by atoms with E-state index in [0.717, 1.165) is 25.7 Å². The molecule has 0 aromatic carbocycles. The SMILES string of the molecule is [CH2]CCCCCCCCCCCOC(=O)C(=O)OC1COC2C1OC[C@@H]2OC(=O)C=O. The lowest BCUT2D eigenvalue weighted by atomic mass is 10.1. The molecule has 2 rings (SSSR count). The molecule has 31 heavy (non-hydrogen) atoms. The van der Waals surface area contributed by atoms with E-state index in [1.165, 1.54) is 32.1 Å². The minimum absolute atomic E-state index is 0.00116. The Morgan fingerprint density at radius 3 is 1.84 bits per heavy atom. The number of rotatable bonds is 14. The maximum atomic E-state index is 12.0. The van der Waals surface area contributed by atoms with Crippen LogP contribution in [0.5, 0.6) is 0 Å². The Labute approximate surface area is 183 Å². The largest absolute Gasteiger partial charge is 0.457 e. The lowest BCUT2D eigenvalue weighted by molar-refractivity contribution is -0.173. The first-order valence-electron chi connectivity index (χ1n) is 11.1. The maximum absolute atomic E-state index is 12.0. The van der Waals surface area contributed by atoms with Gasteiger partial charge in [-0.2, -0.15) is 0 Å². The molecule has 0 saturated carbocycles. The molecule has 175 valence electrons. The van der Waals surface area contributed by atoms with E-state index in [1.807, 2.05) is 0 Å². The number of aldehydes is 1. The summed E-state index contributed by atoms with van der Waals surface area (Å²) < 4.78 is 25.9. The minimum atomic E-state index is -1.10. The van der Waals surface area contributed by atoms with Crippen molar-refractivity contribution in [1.29, 1.82) is 0 Å². The Balaban J connectivity index is 1.53. The van der Waals surface area contributed by atoms with Crippen molar-refractivity contribution in [3.05, 3.63) is 6.92 Å². The van der Waals surface area contributed by atoms with Crippen molar-refractivity contribution in [1.82, 2.24) is 0 Å². The first-order valence-corrected chi connectivity index (χ1v) is 11.1. The van der Waals surface area contributed by atoms with Gasteiger partial charge in [0.05, 0.1) is 19.8 Å². The van der Waals surface area contributed by atoms with Crippen LogP contribution in [0.1, 0.15) is 64.2 Å². The molecule has 0 aromatic heterocycles. The molecular weight excluding hydrogens is 408 g/mol. The quantitative estimate of drug-likeness (QED) is 0.131. The zero-order valence-electron chi connectivity index (χ0n) is 18.0. The summed E-state index contributed by atoms with van der Waals surface area (Å²) in [6, 6.07) is 0. The van der Waals surface area contributed by atoms with Gasteiger partial charge < -0.3 is 23.7 Å². The van der Waals surface area contributed by atoms with Crippen LogP contribution in [0, 0.1) is 6.92 Å². The van der Waals surface area contributed by atoms with E-state index >= 15 is 0 Å². The van der Waals surface area contributed by atoms with Crippen molar-refractivity contribution in [3.8, 4) is 0 Å². The van der Waals surface area contributed by atoms with Gasteiger partial charge >= 0.3 is 17.9 Å². The summed E-state index contributed by atoms with van der Waals surface area (Å²) in [5.41, 5.74) is 0. The molecule has 1 radical (unpaired) electrons. The third kappa shape index (κ3) is 8.57. The number of fused-ring (bicyclic) bond motifs is 1. The Kier molecular flexibility index (Phi) is 11.5. The Bertz CT molecular complexity index is 592. The van der Waals surface area contributed by atoms with E-state index in [-0.39, 0.29) is 26.1 Å². The van der Waals surface area contributed by atoms with Gasteiger partial charge in [0.2, 0.25) is 6.29 Å². The fraction of sp³-hybridized carbons (Fsp3) is 0.773. The monoisotopic (exact) mass is 441 g/mol. The topological polar surface area (TPSA) is 114 Å². The van der Waals surface area contributed by atoms with Gasteiger partial charge in [-0.25, -0.2) is 14.4 Å². The first kappa shape index (κ1) is 25.3. The zero-order valence-corrected chi connectivity index (χ0v) is 18.0. The van der Waals surface area contributed by atoms with E-state index in [2.05, 4.69) is 6.92 Å². The fourth-order valence-corrected chi connectivity index (χ4v) is 3.73. The number of esters is 3. The number of hydrogen-bond acceptors (Lipinski definition) is 9. The molecule has 9 nitrogen and oxygen atoms in total. The van der Waals surface area contributed by atoms with Crippen molar-refractivity contribution >= 4 is 24.2 Å². The summed E-state index contributed by atoms with van der Waals surface area (Å²) in [6.45, 7) is 4.02. The summed E-state index contributed by atoms with van der Waals surface area (Å²) in [6.07, 6.45) is 8.24. The molecule has 0 amide bonds. The summed E-state index contributed by atoms with van der Waals surface area (Å²) in [5.74, 6) is -3.17. The van der Waals surface area contributed by atoms with Crippen LogP contribution in [-0.2, 0) is 42.9 Å². The lowest BCUT2D eigenvalue weighted by Crippen LogP contribution is -2.37. The minimum Gasteiger partial charge on any atom is -0.457 e. The Hall–Kier alpha value is -2.00. The summed E-state index contributed by atoms with van der Waals surface area (Å²) in [7, 11) is 0. The van der Waals surface area contributed by atoms with Crippen LogP contribution in [0.3, 0.4) is 0 Å². The van der Waals surface area contributed by atoms with Crippen molar-refractivity contribution < 1.29 is 42.9 Å². The Morgan fingerprint density at radius 1 is 0.774 bits per heavy atom. The highest BCUT2D eigenvalue weighted by Crippen LogP contribution is 2.30. The van der Waals surface area contributed by atoms with Crippen LogP contribution < -0.4 is 0 Å². The molecule has 2 aliphatic heterocycles. The average Bonchev–Trinajstić information content (AvgIpc) is 3.35. The van der Waals surface area contributed by atoms with Crippen LogP contribution in [0.4, 0.5) is 0 Å². The van der Waals surface area contributed by atoms with E-state index in [9.17, 15) is 19.2 Å². The summed E-state index contributed by atoms with van der Waals surface area (Å²) in [4.78, 5) is 45.3. The molecule has 0 spiro atoms. The molecule has 4 atom stereocenters. The van der Waals surface area contributed by atoms with Gasteiger partial charge in [-0.1, -0.05) is 64.7 Å². The second kappa shape index (κ2) is 14.1. The number of ether oxygens (including phenoxy) is 5. The smallest absolute Gasteiger partial charge is 0.417 e. The second-order valence-corrected chi connectivity index (χ2v) is 7.80. The van der Waals surface area contributed by atoms with Crippen LogP contribution >= 0.6 is 0 Å². The highest BCUT2D eigenvalue weighted by atomic mass is 16.7. The molecule has 2 saturated heterocycles. The predicted molar refractivity (Wildman–Crippen MR) is 108 cm³/mol. The molecule has 2 fully saturated rings. The average molecular weight is 441 g/mol. The van der Waals surface area contributed by atoms with Crippen molar-refractivity contribution in [2.45, 2.75) is 88.6 Å². The van der Waals surface area contributed by atoms with E-state index in [1.54, 1.807) is 0 Å². The molecule has 2 heterocycles. The molecule has 0 N–H and O–H groups in total. The standard InChI is InChI=1S/C22H33O9/c1-2-3-4-5-6-7-8-9-10-11-12-27-21(25)22(26)31-17-15-29-19-16(14-28-20(17)19)30-18(24)13-23/h13,16-17,19-20H,1-12,14-15H2/t16-,17?,19?,20?/m0/s1. The molecule has 9 heteroatoms. The van der Waals surface area contributed by atoms with Crippen LogP contribution in [0.2, 0.25) is 0 Å². The highest BCUT2D eigenvalue weighted by Gasteiger charge is 2.51. The van der Waals surface area contributed by atoms with Crippen LogP contribution in [-0.4, -0.2) is 68.4 Å². The lowest BCUT2D eigenvalue weighted by Gasteiger charge is -2.16. The van der Waals surface area contributed by atoms with Gasteiger partial charge in [-0.15, -0.1) is 0 Å². The highest BCUT2D eigenvalue weighted by molar-refractivity contribution is 6.29. The van der Waals surface area contributed by atoms with Crippen LogP contribution in [0.15, 0.2) is 0 Å². The van der Waals surface area contributed by atoms with Gasteiger partial charge in [-0.05, 0) is 6.42 Å². The molecule has 0 bridgehead atoms. The maximum Gasteiger partial charge on any atom is 0.417 e. The van der Waals surface area contributed by atoms with E-state index < -0.39 is 42.3 Å². The number of unbranched alkanes of at least 4 members (excludes halogenated alkanes) is 9. The number of carbonyl (C=O) groups is 4. The third-order valence-electron chi connectivity index (χ3n) is 5.38. The van der Waals surface area contributed by atoms with Gasteiger partial charge in [0.25, 0.3) is 0 Å². The summed E-state index contributed by atoms with van der Waals surface area (Å²) >= 11 is 0. The zero-order chi connectivity index (χ0) is 22.5. The van der Waals surface area contributed by atoms with Crippen molar-refractivity contribution in [2.24, 2.45) is 0 Å². The summed E-state index contributed by atoms with van der Waals surface area (Å²) in [5, 5.41) is 0. The molecule has 2 aliphatic rings. The predicted octanol–water partition coefficient (Wildman–Crippen LogP) is 2.08. The Morgan fingerprint density at radius 2 is 1.29 bits per heavy atom. The fourth-order valence-electron chi connectivity index (χ4n) is 3.73. The second-order valence-electron chi connectivity index (χ2n) is 7.80. The van der Waals surface area contributed by atoms with Gasteiger partial charge in [0.1, 0.15) is 12.2 Å². The first-order chi connectivity index (χ1) is 15.1. The van der Waals surface area contributed by atoms with Crippen LogP contribution in [0.25, 0.3) is 0 Å². The number of carbonyl (C=O) groups excluding carboxylic acids is 4. The third-order valence-corrected chi connectivity index (χ3v) is 5.38. The van der Waals surface area contributed by atoms with E-state index in [0.29, 0.717) is 6.42 Å². The normalized spacial score (nSPS) is 24.4.